The molecule has 1 aliphatic heterocycles. The standard InChI is InChI=1S/C26H30N4O4S/c1-2-33-26(32)30-15-13-29(14-16-30)23(19-9-5-6-12-27-19)22-18-8-3-4-11-21(18)35-25(22)28-24(31)20-10-7-17-34-20/h5-7,9-10,12,17,23H,2-4,8,11,13-16H2,1H3,(H,28,31)/t23-/m1/s1. The van der Waals surface area contributed by atoms with Crippen LogP contribution in [0.4, 0.5) is 9.80 Å². The van der Waals surface area contributed by atoms with Gasteiger partial charge in [-0.05, 0) is 62.4 Å². The number of hydrogen-bond donors (Lipinski definition) is 1. The first kappa shape index (κ1) is 23.6. The van der Waals surface area contributed by atoms with E-state index < -0.39 is 0 Å². The summed E-state index contributed by atoms with van der Waals surface area (Å²) in [6.07, 6.45) is 7.37. The Morgan fingerprint density at radius 2 is 1.97 bits per heavy atom. The smallest absolute Gasteiger partial charge is 0.409 e. The van der Waals surface area contributed by atoms with Gasteiger partial charge in [0.2, 0.25) is 0 Å². The highest BCUT2D eigenvalue weighted by atomic mass is 32.1. The Bertz CT molecular complexity index is 1150. The summed E-state index contributed by atoms with van der Waals surface area (Å²) >= 11 is 1.67. The van der Waals surface area contributed by atoms with Gasteiger partial charge < -0.3 is 19.4 Å². The minimum absolute atomic E-state index is 0.120. The van der Waals surface area contributed by atoms with Gasteiger partial charge in [-0.25, -0.2) is 4.79 Å². The van der Waals surface area contributed by atoms with E-state index in [0.717, 1.165) is 41.9 Å². The lowest BCUT2D eigenvalue weighted by Gasteiger charge is -2.39. The number of ether oxygens (including phenoxy) is 1. The molecule has 1 N–H and O–H groups in total. The zero-order valence-electron chi connectivity index (χ0n) is 19.9. The number of fused-ring (bicyclic) bond motifs is 1. The summed E-state index contributed by atoms with van der Waals surface area (Å²) in [6, 6.07) is 9.24. The largest absolute Gasteiger partial charge is 0.459 e. The number of aromatic nitrogens is 1. The number of anilines is 1. The average Bonchev–Trinajstić information content (AvgIpc) is 3.55. The van der Waals surface area contributed by atoms with Crippen molar-refractivity contribution in [3.05, 3.63) is 70.3 Å². The van der Waals surface area contributed by atoms with Crippen LogP contribution in [0.15, 0.2) is 47.2 Å². The monoisotopic (exact) mass is 494 g/mol. The van der Waals surface area contributed by atoms with Crippen molar-refractivity contribution in [2.45, 2.75) is 38.6 Å². The molecule has 2 amide bonds. The molecule has 0 aromatic carbocycles. The minimum Gasteiger partial charge on any atom is -0.459 e. The third-order valence-corrected chi connectivity index (χ3v) is 7.85. The maximum Gasteiger partial charge on any atom is 0.409 e. The van der Waals surface area contributed by atoms with Crippen molar-refractivity contribution in [1.82, 2.24) is 14.8 Å². The highest BCUT2D eigenvalue weighted by Crippen LogP contribution is 2.45. The van der Waals surface area contributed by atoms with Crippen molar-refractivity contribution in [1.29, 1.82) is 0 Å². The van der Waals surface area contributed by atoms with Crippen molar-refractivity contribution in [3.63, 3.8) is 0 Å². The highest BCUT2D eigenvalue weighted by Gasteiger charge is 2.35. The summed E-state index contributed by atoms with van der Waals surface area (Å²) in [5.41, 5.74) is 3.41. The first-order chi connectivity index (χ1) is 17.2. The molecule has 0 radical (unpaired) electrons. The predicted octanol–water partition coefficient (Wildman–Crippen LogP) is 4.73. The van der Waals surface area contributed by atoms with Crippen LogP contribution in [0.25, 0.3) is 0 Å². The van der Waals surface area contributed by atoms with Crippen molar-refractivity contribution in [2.75, 3.05) is 38.1 Å². The fourth-order valence-electron chi connectivity index (χ4n) is 4.98. The normalized spacial score (nSPS) is 17.0. The maximum atomic E-state index is 13.0. The van der Waals surface area contributed by atoms with E-state index in [4.69, 9.17) is 14.1 Å². The lowest BCUT2D eigenvalue weighted by molar-refractivity contribution is 0.0709. The fourth-order valence-corrected chi connectivity index (χ4v) is 6.29. The summed E-state index contributed by atoms with van der Waals surface area (Å²) in [4.78, 5) is 35.5. The lowest BCUT2D eigenvalue weighted by Crippen LogP contribution is -2.50. The van der Waals surface area contributed by atoms with Gasteiger partial charge in [0.15, 0.2) is 5.76 Å². The average molecular weight is 495 g/mol. The van der Waals surface area contributed by atoms with Crippen LogP contribution in [-0.2, 0) is 17.6 Å². The van der Waals surface area contributed by atoms with E-state index in [1.807, 2.05) is 31.3 Å². The SMILES string of the molecule is CCOC(=O)N1CCN([C@H](c2ccccn2)c2c(NC(=O)c3ccco3)sc3c2CCCC3)CC1. The van der Waals surface area contributed by atoms with E-state index in [1.165, 1.54) is 16.7 Å². The van der Waals surface area contributed by atoms with Crippen LogP contribution >= 0.6 is 11.3 Å². The summed E-state index contributed by atoms with van der Waals surface area (Å²) in [5, 5.41) is 4.01. The molecule has 1 fully saturated rings. The molecule has 8 nitrogen and oxygen atoms in total. The highest BCUT2D eigenvalue weighted by molar-refractivity contribution is 7.16. The number of carbonyl (C=O) groups excluding carboxylic acids is 2. The van der Waals surface area contributed by atoms with E-state index in [2.05, 4.69) is 10.2 Å². The molecule has 3 aromatic rings. The number of hydrogen-bond acceptors (Lipinski definition) is 7. The van der Waals surface area contributed by atoms with E-state index in [-0.39, 0.29) is 18.0 Å². The van der Waals surface area contributed by atoms with Crippen LogP contribution in [0.5, 0.6) is 0 Å². The van der Waals surface area contributed by atoms with Gasteiger partial charge in [0, 0.05) is 42.8 Å². The number of furan rings is 1. The molecular formula is C26H30N4O4S. The second kappa shape index (κ2) is 10.6. The summed E-state index contributed by atoms with van der Waals surface area (Å²) in [7, 11) is 0. The Morgan fingerprint density at radius 3 is 2.69 bits per heavy atom. The van der Waals surface area contributed by atoms with Crippen LogP contribution in [0.3, 0.4) is 0 Å². The molecule has 9 heteroatoms. The molecule has 0 saturated carbocycles. The Hall–Kier alpha value is -3.17. The molecule has 2 aliphatic rings. The van der Waals surface area contributed by atoms with E-state index in [0.29, 0.717) is 38.5 Å². The Labute approximate surface area is 208 Å². The van der Waals surface area contributed by atoms with Crippen molar-refractivity contribution in [2.24, 2.45) is 0 Å². The van der Waals surface area contributed by atoms with Crippen molar-refractivity contribution in [3.8, 4) is 0 Å². The molecule has 0 bridgehead atoms. The second-order valence-electron chi connectivity index (χ2n) is 8.76. The number of thiophene rings is 1. The van der Waals surface area contributed by atoms with Gasteiger partial charge in [-0.3, -0.25) is 14.7 Å². The molecule has 0 spiro atoms. The number of carbonyl (C=O) groups is 2. The maximum absolute atomic E-state index is 13.0. The summed E-state index contributed by atoms with van der Waals surface area (Å²) < 4.78 is 10.6. The lowest BCUT2D eigenvalue weighted by atomic mass is 9.90. The number of nitrogens with zero attached hydrogens (tertiary/aromatic N) is 3. The molecule has 0 unspecified atom stereocenters. The van der Waals surface area contributed by atoms with Gasteiger partial charge >= 0.3 is 6.09 Å². The molecule has 1 saturated heterocycles. The molecule has 5 rings (SSSR count). The quantitative estimate of drug-likeness (QED) is 0.533. The number of piperazine rings is 1. The molecular weight excluding hydrogens is 464 g/mol. The first-order valence-corrected chi connectivity index (χ1v) is 13.0. The van der Waals surface area contributed by atoms with Crippen molar-refractivity contribution < 1.29 is 18.7 Å². The zero-order chi connectivity index (χ0) is 24.2. The zero-order valence-corrected chi connectivity index (χ0v) is 20.7. The molecule has 35 heavy (non-hydrogen) atoms. The fraction of sp³-hybridized carbons (Fsp3) is 0.423. The second-order valence-corrected chi connectivity index (χ2v) is 9.87. The number of aryl methyl sites for hydroxylation is 1. The van der Waals surface area contributed by atoms with Crippen molar-refractivity contribution >= 4 is 28.3 Å². The Kier molecular flexibility index (Phi) is 7.15. The molecule has 4 heterocycles. The van der Waals surface area contributed by atoms with Crippen LogP contribution in [0.1, 0.15) is 58.1 Å². The Balaban J connectivity index is 1.51. The van der Waals surface area contributed by atoms with E-state index in [9.17, 15) is 9.59 Å². The summed E-state index contributed by atoms with van der Waals surface area (Å²) in [5.74, 6) is 0.0431. The van der Waals surface area contributed by atoms with E-state index >= 15 is 0 Å². The van der Waals surface area contributed by atoms with E-state index in [1.54, 1.807) is 28.4 Å². The van der Waals surface area contributed by atoms with Gasteiger partial charge in [0.05, 0.1) is 24.6 Å². The minimum atomic E-state index is -0.263. The third kappa shape index (κ3) is 4.97. The van der Waals surface area contributed by atoms with Crippen LogP contribution < -0.4 is 5.32 Å². The first-order valence-electron chi connectivity index (χ1n) is 12.2. The topological polar surface area (TPSA) is 87.9 Å². The van der Waals surface area contributed by atoms with Crippen LogP contribution in [0.2, 0.25) is 0 Å². The number of pyridine rings is 1. The molecule has 1 aliphatic carbocycles. The van der Waals surface area contributed by atoms with Gasteiger partial charge in [-0.15, -0.1) is 11.3 Å². The molecule has 3 aromatic heterocycles. The molecule has 1 atom stereocenters. The third-order valence-electron chi connectivity index (χ3n) is 6.63. The van der Waals surface area contributed by atoms with Gasteiger partial charge in [0.25, 0.3) is 5.91 Å². The number of rotatable bonds is 6. The van der Waals surface area contributed by atoms with Gasteiger partial charge in [-0.2, -0.15) is 0 Å². The Morgan fingerprint density at radius 1 is 1.14 bits per heavy atom. The number of nitrogens with one attached hydrogen (secondary N) is 1. The molecule has 184 valence electrons. The van der Waals surface area contributed by atoms with Gasteiger partial charge in [0.1, 0.15) is 5.00 Å². The predicted molar refractivity (Wildman–Crippen MR) is 134 cm³/mol. The number of amides is 2. The van der Waals surface area contributed by atoms with Gasteiger partial charge in [-0.1, -0.05) is 6.07 Å². The van der Waals surface area contributed by atoms with Crippen LogP contribution in [0, 0.1) is 0 Å². The van der Waals surface area contributed by atoms with Crippen LogP contribution in [-0.4, -0.2) is 59.6 Å². The summed E-state index contributed by atoms with van der Waals surface area (Å²) in [6.45, 7) is 4.75.